The van der Waals surface area contributed by atoms with E-state index in [9.17, 15) is 0 Å². The van der Waals surface area contributed by atoms with Crippen LogP contribution >= 0.6 is 35.0 Å². The van der Waals surface area contributed by atoms with E-state index in [1.807, 2.05) is 42.5 Å². The van der Waals surface area contributed by atoms with Gasteiger partial charge in [-0.2, -0.15) is 0 Å². The summed E-state index contributed by atoms with van der Waals surface area (Å²) in [4.78, 5) is 10.3. The monoisotopic (exact) mass is 370 g/mol. The number of aromatic nitrogens is 1. The number of hydrogen-bond donors (Lipinski definition) is 0. The maximum absolute atomic E-state index is 7.52. The summed E-state index contributed by atoms with van der Waals surface area (Å²) in [5.74, 6) is 0. The highest BCUT2D eigenvalue weighted by atomic mass is 35.5. The van der Waals surface area contributed by atoms with E-state index in [0.29, 0.717) is 21.3 Å². The quantitative estimate of drug-likeness (QED) is 0.484. The molecule has 1 unspecified atom stereocenters. The Morgan fingerprint density at radius 3 is 2.17 bits per heavy atom. The minimum Gasteiger partial charge on any atom is -0.301 e. The second-order valence-electron chi connectivity index (χ2n) is 5.00. The number of halogens is 2. The minimum atomic E-state index is -0.609. The van der Waals surface area contributed by atoms with Crippen LogP contribution in [0.25, 0.3) is 4.85 Å². The zero-order chi connectivity index (χ0) is 16.9. The van der Waals surface area contributed by atoms with E-state index in [-0.39, 0.29) is 0 Å². The second-order valence-corrected chi connectivity index (χ2v) is 6.96. The predicted octanol–water partition coefficient (Wildman–Crippen LogP) is 6.55. The lowest BCUT2D eigenvalue weighted by Crippen LogP contribution is -2.00. The Morgan fingerprint density at radius 1 is 0.875 bits per heavy atom. The van der Waals surface area contributed by atoms with Crippen molar-refractivity contribution >= 4 is 35.0 Å². The van der Waals surface area contributed by atoms with Crippen LogP contribution in [0.3, 0.4) is 0 Å². The number of benzene rings is 2. The average Bonchev–Trinajstić information content (AvgIpc) is 2.60. The Labute approximate surface area is 155 Å². The molecule has 5 heteroatoms. The smallest absolute Gasteiger partial charge is 0.293 e. The zero-order valence-electron chi connectivity index (χ0n) is 12.5. The molecular formula is C19H12Cl2N2S. The molecule has 0 saturated heterocycles. The van der Waals surface area contributed by atoms with Gasteiger partial charge in [0.2, 0.25) is 0 Å². The maximum atomic E-state index is 7.52. The first-order valence-electron chi connectivity index (χ1n) is 7.18. The van der Waals surface area contributed by atoms with Crippen LogP contribution < -0.4 is 0 Å². The van der Waals surface area contributed by atoms with E-state index >= 15 is 0 Å². The van der Waals surface area contributed by atoms with Crippen molar-refractivity contribution in [3.8, 4) is 0 Å². The fourth-order valence-corrected chi connectivity index (χ4v) is 3.70. The highest BCUT2D eigenvalue weighted by Gasteiger charge is 2.26. The van der Waals surface area contributed by atoms with Gasteiger partial charge in [0, 0.05) is 16.0 Å². The molecule has 0 spiro atoms. The third-order valence-corrected chi connectivity index (χ3v) is 5.06. The van der Waals surface area contributed by atoms with Crippen LogP contribution in [-0.4, -0.2) is 4.98 Å². The van der Waals surface area contributed by atoms with Gasteiger partial charge in [-0.25, -0.2) is 6.57 Å². The second kappa shape index (κ2) is 7.72. The van der Waals surface area contributed by atoms with Crippen LogP contribution in [0, 0.1) is 6.57 Å². The summed E-state index contributed by atoms with van der Waals surface area (Å²) in [5.41, 5.74) is 1.24. The van der Waals surface area contributed by atoms with Crippen molar-refractivity contribution in [3.05, 3.63) is 99.6 Å². The van der Waals surface area contributed by atoms with Crippen molar-refractivity contribution in [1.82, 2.24) is 4.98 Å². The molecule has 0 aliphatic carbocycles. The van der Waals surface area contributed by atoms with Crippen LogP contribution in [0.2, 0.25) is 10.0 Å². The highest BCUT2D eigenvalue weighted by Crippen LogP contribution is 2.36. The minimum absolute atomic E-state index is 0.480. The molecule has 2 nitrogen and oxygen atoms in total. The van der Waals surface area contributed by atoms with Crippen molar-refractivity contribution in [2.24, 2.45) is 0 Å². The maximum Gasteiger partial charge on any atom is 0.293 e. The van der Waals surface area contributed by atoms with Crippen molar-refractivity contribution in [3.63, 3.8) is 0 Å². The molecule has 0 N–H and O–H groups in total. The molecule has 2 aromatic carbocycles. The first kappa shape index (κ1) is 16.9. The summed E-state index contributed by atoms with van der Waals surface area (Å²) in [6.45, 7) is 7.52. The van der Waals surface area contributed by atoms with Crippen LogP contribution in [0.1, 0.15) is 17.3 Å². The van der Waals surface area contributed by atoms with Gasteiger partial charge < -0.3 is 4.85 Å². The lowest BCUT2D eigenvalue weighted by molar-refractivity contribution is 0.939. The van der Waals surface area contributed by atoms with Gasteiger partial charge >= 0.3 is 0 Å². The van der Waals surface area contributed by atoms with E-state index in [1.54, 1.807) is 36.2 Å². The largest absolute Gasteiger partial charge is 0.301 e. The van der Waals surface area contributed by atoms with Crippen molar-refractivity contribution < 1.29 is 0 Å². The molecule has 0 radical (unpaired) electrons. The SMILES string of the molecule is [C-]#[N+]C(c1ccc(Sc2ccccc2)cn1)c1c(Cl)cccc1Cl. The van der Waals surface area contributed by atoms with Crippen LogP contribution in [0.4, 0.5) is 0 Å². The van der Waals surface area contributed by atoms with E-state index < -0.39 is 6.04 Å². The molecule has 1 atom stereocenters. The van der Waals surface area contributed by atoms with E-state index in [2.05, 4.69) is 9.83 Å². The lowest BCUT2D eigenvalue weighted by Gasteiger charge is -2.10. The van der Waals surface area contributed by atoms with Crippen molar-refractivity contribution in [1.29, 1.82) is 0 Å². The Bertz CT molecular complexity index is 854. The molecule has 0 aliphatic heterocycles. The summed E-state index contributed by atoms with van der Waals surface area (Å²) in [5, 5.41) is 0.959. The fraction of sp³-hybridized carbons (Fsp3) is 0.0526. The first-order valence-corrected chi connectivity index (χ1v) is 8.75. The fourth-order valence-electron chi connectivity index (χ4n) is 2.29. The number of nitrogens with zero attached hydrogens (tertiary/aromatic N) is 2. The van der Waals surface area contributed by atoms with Gasteiger partial charge in [0.25, 0.3) is 6.04 Å². The van der Waals surface area contributed by atoms with Gasteiger partial charge in [0.1, 0.15) is 5.69 Å². The molecule has 118 valence electrons. The summed E-state index contributed by atoms with van der Waals surface area (Å²) in [6.07, 6.45) is 1.77. The average molecular weight is 371 g/mol. The number of pyridine rings is 1. The lowest BCUT2D eigenvalue weighted by atomic mass is 10.0. The van der Waals surface area contributed by atoms with Crippen LogP contribution in [-0.2, 0) is 0 Å². The summed E-state index contributed by atoms with van der Waals surface area (Å²) in [6, 6.07) is 18.5. The Balaban J connectivity index is 1.88. The molecule has 0 amide bonds. The van der Waals surface area contributed by atoms with E-state index in [1.165, 1.54) is 0 Å². The third-order valence-electron chi connectivity index (χ3n) is 3.42. The molecule has 0 bridgehead atoms. The summed E-state index contributed by atoms with van der Waals surface area (Å²) >= 11 is 14.1. The molecule has 0 saturated carbocycles. The number of hydrogen-bond acceptors (Lipinski definition) is 2. The van der Waals surface area contributed by atoms with Crippen molar-refractivity contribution in [2.75, 3.05) is 0 Å². The molecule has 24 heavy (non-hydrogen) atoms. The topological polar surface area (TPSA) is 17.2 Å². The molecule has 0 fully saturated rings. The zero-order valence-corrected chi connectivity index (χ0v) is 14.8. The molecule has 3 aromatic rings. The van der Waals surface area contributed by atoms with E-state index in [0.717, 1.165) is 9.79 Å². The molecular weight excluding hydrogens is 359 g/mol. The number of rotatable bonds is 4. The molecule has 1 heterocycles. The first-order chi connectivity index (χ1) is 11.7. The van der Waals surface area contributed by atoms with Gasteiger partial charge in [-0.05, 0) is 36.4 Å². The molecule has 1 aromatic heterocycles. The Hall–Kier alpha value is -1.99. The third kappa shape index (κ3) is 3.73. The predicted molar refractivity (Wildman–Crippen MR) is 99.7 cm³/mol. The molecule has 0 aliphatic rings. The van der Waals surface area contributed by atoms with Gasteiger partial charge in [-0.3, -0.25) is 4.98 Å². The van der Waals surface area contributed by atoms with E-state index in [4.69, 9.17) is 29.8 Å². The normalized spacial score (nSPS) is 11.7. The standard InChI is InChI=1S/C19H12Cl2N2S/c1-22-19(18-15(20)8-5-9-16(18)21)17-11-10-14(12-23-17)24-13-6-3-2-4-7-13/h2-12,19H. The van der Waals surface area contributed by atoms with Gasteiger partial charge in [0.05, 0.1) is 15.6 Å². The summed E-state index contributed by atoms with van der Waals surface area (Å²) < 4.78 is 0. The highest BCUT2D eigenvalue weighted by molar-refractivity contribution is 7.99. The van der Waals surface area contributed by atoms with Gasteiger partial charge in [-0.1, -0.05) is 59.2 Å². The molecule has 3 rings (SSSR count). The van der Waals surface area contributed by atoms with Crippen LogP contribution in [0.5, 0.6) is 0 Å². The Kier molecular flexibility index (Phi) is 5.42. The summed E-state index contributed by atoms with van der Waals surface area (Å²) in [7, 11) is 0. The Morgan fingerprint density at radius 2 is 1.58 bits per heavy atom. The van der Waals surface area contributed by atoms with Crippen LogP contribution in [0.15, 0.2) is 76.7 Å². The van der Waals surface area contributed by atoms with Crippen molar-refractivity contribution in [2.45, 2.75) is 15.8 Å². The van der Waals surface area contributed by atoms with Gasteiger partial charge in [0.15, 0.2) is 0 Å². The van der Waals surface area contributed by atoms with Gasteiger partial charge in [-0.15, -0.1) is 0 Å².